The van der Waals surface area contributed by atoms with Gasteiger partial charge in [-0.1, -0.05) is 6.42 Å². The van der Waals surface area contributed by atoms with Gasteiger partial charge < -0.3 is 10.0 Å². The summed E-state index contributed by atoms with van der Waals surface area (Å²) in [6.07, 6.45) is 2.15. The minimum atomic E-state index is -0.896. The van der Waals surface area contributed by atoms with Crippen LogP contribution < -0.4 is 4.90 Å². The van der Waals surface area contributed by atoms with Gasteiger partial charge in [0.1, 0.15) is 5.69 Å². The van der Waals surface area contributed by atoms with Gasteiger partial charge in [0.25, 0.3) is 0 Å². The lowest BCUT2D eigenvalue weighted by molar-refractivity contribution is -0.149. The van der Waals surface area contributed by atoms with Gasteiger partial charge in [-0.25, -0.2) is 8.78 Å². The number of carbonyl (C=O) groups is 1. The van der Waals surface area contributed by atoms with E-state index in [0.29, 0.717) is 13.0 Å². The fourth-order valence-electron chi connectivity index (χ4n) is 3.74. The van der Waals surface area contributed by atoms with E-state index < -0.39 is 23.0 Å². The van der Waals surface area contributed by atoms with Crippen LogP contribution in [0, 0.1) is 34.3 Å². The number of hydrogen-bond donors (Lipinski definition) is 1. The Balaban J connectivity index is 1.98. The summed E-state index contributed by atoms with van der Waals surface area (Å²) in [5.74, 6) is -2.59. The summed E-state index contributed by atoms with van der Waals surface area (Å²) in [5, 5.41) is 18.2. The number of benzene rings is 1. The summed E-state index contributed by atoms with van der Waals surface area (Å²) >= 11 is 0. The lowest BCUT2D eigenvalue weighted by atomic mass is 9.81. The van der Waals surface area contributed by atoms with E-state index in [9.17, 15) is 18.7 Å². The Kier molecular flexibility index (Phi) is 3.08. The molecule has 0 aromatic heterocycles. The van der Waals surface area contributed by atoms with Crippen molar-refractivity contribution in [3.8, 4) is 6.07 Å². The SMILES string of the molecule is N#Cc1cc(F)c(N2C[C@@H]3CCC[C@@]3(C(=O)O)C2)c(F)c1. The fraction of sp³-hybridized carbons (Fsp3) is 0.467. The Labute approximate surface area is 120 Å². The Morgan fingerprint density at radius 1 is 1.43 bits per heavy atom. The van der Waals surface area contributed by atoms with Crippen molar-refractivity contribution in [3.63, 3.8) is 0 Å². The van der Waals surface area contributed by atoms with Crippen LogP contribution in [0.1, 0.15) is 24.8 Å². The van der Waals surface area contributed by atoms with Crippen molar-refractivity contribution in [1.82, 2.24) is 0 Å². The molecule has 1 saturated heterocycles. The molecule has 2 aliphatic rings. The second kappa shape index (κ2) is 4.69. The summed E-state index contributed by atoms with van der Waals surface area (Å²) in [4.78, 5) is 13.1. The van der Waals surface area contributed by atoms with Crippen molar-refractivity contribution in [3.05, 3.63) is 29.3 Å². The second-order valence-electron chi connectivity index (χ2n) is 5.83. The third kappa shape index (κ3) is 1.96. The van der Waals surface area contributed by atoms with Gasteiger partial charge in [0, 0.05) is 13.1 Å². The maximum Gasteiger partial charge on any atom is 0.311 e. The van der Waals surface area contributed by atoms with Gasteiger partial charge in [-0.15, -0.1) is 0 Å². The lowest BCUT2D eigenvalue weighted by Gasteiger charge is -2.24. The Morgan fingerprint density at radius 2 is 2.10 bits per heavy atom. The molecular weight excluding hydrogens is 278 g/mol. The number of nitrogens with zero attached hydrogens (tertiary/aromatic N) is 2. The molecule has 4 nitrogen and oxygen atoms in total. The highest BCUT2D eigenvalue weighted by molar-refractivity contribution is 5.78. The van der Waals surface area contributed by atoms with Crippen LogP contribution in [0.4, 0.5) is 14.5 Å². The van der Waals surface area contributed by atoms with Crippen molar-refractivity contribution >= 4 is 11.7 Å². The van der Waals surface area contributed by atoms with E-state index >= 15 is 0 Å². The molecule has 1 saturated carbocycles. The maximum absolute atomic E-state index is 14.1. The summed E-state index contributed by atoms with van der Waals surface area (Å²) < 4.78 is 28.1. The van der Waals surface area contributed by atoms with Gasteiger partial charge >= 0.3 is 5.97 Å². The number of rotatable bonds is 2. The fourth-order valence-corrected chi connectivity index (χ4v) is 3.74. The number of carboxylic acid groups (broad SMARTS) is 1. The first-order valence-corrected chi connectivity index (χ1v) is 6.85. The van der Waals surface area contributed by atoms with Gasteiger partial charge in [0.05, 0.1) is 17.0 Å². The first-order chi connectivity index (χ1) is 9.98. The monoisotopic (exact) mass is 292 g/mol. The first kappa shape index (κ1) is 13.8. The predicted molar refractivity (Wildman–Crippen MR) is 70.7 cm³/mol. The van der Waals surface area contributed by atoms with Gasteiger partial charge in [0.15, 0.2) is 11.6 Å². The van der Waals surface area contributed by atoms with E-state index in [2.05, 4.69) is 0 Å². The molecule has 1 aliphatic carbocycles. The quantitative estimate of drug-likeness (QED) is 0.909. The van der Waals surface area contributed by atoms with Crippen LogP contribution in [0.2, 0.25) is 0 Å². The van der Waals surface area contributed by atoms with Crippen molar-refractivity contribution in [2.75, 3.05) is 18.0 Å². The Bertz CT molecular complexity index is 633. The lowest BCUT2D eigenvalue weighted by Crippen LogP contribution is -2.36. The second-order valence-corrected chi connectivity index (χ2v) is 5.83. The molecule has 110 valence electrons. The van der Waals surface area contributed by atoms with Crippen molar-refractivity contribution in [1.29, 1.82) is 5.26 Å². The highest BCUT2D eigenvalue weighted by Gasteiger charge is 2.55. The normalized spacial score (nSPS) is 27.5. The smallest absolute Gasteiger partial charge is 0.311 e. The molecule has 0 radical (unpaired) electrons. The van der Waals surface area contributed by atoms with Gasteiger partial charge in [0.2, 0.25) is 0 Å². The molecule has 1 aromatic rings. The van der Waals surface area contributed by atoms with E-state index in [4.69, 9.17) is 5.26 Å². The zero-order valence-corrected chi connectivity index (χ0v) is 11.3. The predicted octanol–water partition coefficient (Wildman–Crippen LogP) is 2.53. The van der Waals surface area contributed by atoms with Crippen molar-refractivity contribution in [2.24, 2.45) is 11.3 Å². The standard InChI is InChI=1S/C15H14F2N2O2/c16-11-4-9(6-18)5-12(17)13(11)19-7-10-2-1-3-15(10,8-19)14(20)21/h4-5,10H,1-3,7-8H2,(H,20,21)/t10-,15+/m0/s1. The average molecular weight is 292 g/mol. The van der Waals surface area contributed by atoms with E-state index in [0.717, 1.165) is 25.0 Å². The molecule has 0 bridgehead atoms. The first-order valence-electron chi connectivity index (χ1n) is 6.85. The van der Waals surface area contributed by atoms with E-state index in [-0.39, 0.29) is 23.7 Å². The molecule has 1 heterocycles. The molecule has 6 heteroatoms. The molecule has 1 N–H and O–H groups in total. The number of nitriles is 1. The third-order valence-corrected chi connectivity index (χ3v) is 4.76. The number of fused-ring (bicyclic) bond motifs is 1. The molecular formula is C15H14F2N2O2. The van der Waals surface area contributed by atoms with Crippen LogP contribution in [0.15, 0.2) is 12.1 Å². The maximum atomic E-state index is 14.1. The number of carboxylic acids is 1. The minimum absolute atomic E-state index is 0.0792. The van der Waals surface area contributed by atoms with Crippen LogP contribution in [-0.4, -0.2) is 24.2 Å². The number of halogens is 2. The zero-order chi connectivity index (χ0) is 15.2. The molecule has 21 heavy (non-hydrogen) atoms. The van der Waals surface area contributed by atoms with Crippen LogP contribution in [-0.2, 0) is 4.79 Å². The summed E-state index contributed by atoms with van der Waals surface area (Å²) in [7, 11) is 0. The van der Waals surface area contributed by atoms with E-state index in [1.54, 1.807) is 6.07 Å². The molecule has 2 fully saturated rings. The highest BCUT2D eigenvalue weighted by Crippen LogP contribution is 2.50. The largest absolute Gasteiger partial charge is 0.481 e. The van der Waals surface area contributed by atoms with Crippen LogP contribution in [0.3, 0.4) is 0 Å². The Morgan fingerprint density at radius 3 is 2.62 bits per heavy atom. The summed E-state index contributed by atoms with van der Waals surface area (Å²) in [5.41, 5.74) is -1.20. The summed E-state index contributed by atoms with van der Waals surface area (Å²) in [6, 6.07) is 3.67. The van der Waals surface area contributed by atoms with Crippen LogP contribution in [0.5, 0.6) is 0 Å². The highest BCUT2D eigenvalue weighted by atomic mass is 19.1. The van der Waals surface area contributed by atoms with Crippen LogP contribution in [0.25, 0.3) is 0 Å². The van der Waals surface area contributed by atoms with E-state index in [1.165, 1.54) is 4.90 Å². The molecule has 1 aromatic carbocycles. The molecule has 0 spiro atoms. The van der Waals surface area contributed by atoms with Gasteiger partial charge in [-0.05, 0) is 30.9 Å². The molecule has 1 aliphatic heterocycles. The molecule has 2 atom stereocenters. The number of aliphatic carboxylic acids is 1. The molecule has 3 rings (SSSR count). The number of hydrogen-bond acceptors (Lipinski definition) is 3. The van der Waals surface area contributed by atoms with E-state index in [1.807, 2.05) is 0 Å². The Hall–Kier alpha value is -2.16. The molecule has 0 unspecified atom stereocenters. The zero-order valence-electron chi connectivity index (χ0n) is 11.3. The van der Waals surface area contributed by atoms with Crippen LogP contribution >= 0.6 is 0 Å². The topological polar surface area (TPSA) is 64.3 Å². The average Bonchev–Trinajstić information content (AvgIpc) is 2.95. The summed E-state index contributed by atoms with van der Waals surface area (Å²) in [6.45, 7) is 0.457. The van der Waals surface area contributed by atoms with Crippen molar-refractivity contribution < 1.29 is 18.7 Å². The number of anilines is 1. The van der Waals surface area contributed by atoms with Crippen molar-refractivity contribution in [2.45, 2.75) is 19.3 Å². The third-order valence-electron chi connectivity index (χ3n) is 4.76. The van der Waals surface area contributed by atoms with Gasteiger partial charge in [-0.2, -0.15) is 5.26 Å². The molecule has 0 amide bonds. The van der Waals surface area contributed by atoms with Gasteiger partial charge in [-0.3, -0.25) is 4.79 Å². The minimum Gasteiger partial charge on any atom is -0.481 e.